The summed E-state index contributed by atoms with van der Waals surface area (Å²) >= 11 is 9.57. The number of hydrogen-bond acceptors (Lipinski definition) is 5. The van der Waals surface area contributed by atoms with Crippen LogP contribution in [0.3, 0.4) is 0 Å². The third kappa shape index (κ3) is 3.87. The summed E-state index contributed by atoms with van der Waals surface area (Å²) in [5.74, 6) is -3.63. The predicted octanol–water partition coefficient (Wildman–Crippen LogP) is 5.20. The van der Waals surface area contributed by atoms with Crippen LogP contribution in [0, 0.1) is 5.92 Å². The summed E-state index contributed by atoms with van der Waals surface area (Å²) in [7, 11) is 0. The monoisotopic (exact) mass is 509 g/mol. The SMILES string of the molecule is CCOC(=O)C1C(=O)C2=C(C1c1cc(Cl)ccc1OC(F)F)N1C=C(Br)C=CC1=C=C2. The number of halogens is 4. The number of esters is 1. The third-order valence-electron chi connectivity index (χ3n) is 5.05. The molecular formula is C22H15BrClF2NO4. The van der Waals surface area contributed by atoms with Gasteiger partial charge < -0.3 is 14.4 Å². The van der Waals surface area contributed by atoms with Crippen LogP contribution in [0.25, 0.3) is 0 Å². The maximum absolute atomic E-state index is 13.3. The van der Waals surface area contributed by atoms with E-state index in [4.69, 9.17) is 21.1 Å². The molecule has 5 nitrogen and oxygen atoms in total. The van der Waals surface area contributed by atoms with E-state index in [-0.39, 0.29) is 28.5 Å². The van der Waals surface area contributed by atoms with E-state index < -0.39 is 30.2 Å². The van der Waals surface area contributed by atoms with Crippen molar-refractivity contribution in [1.82, 2.24) is 4.90 Å². The van der Waals surface area contributed by atoms with Crippen LogP contribution < -0.4 is 4.74 Å². The second-order valence-corrected chi connectivity index (χ2v) is 8.17. The smallest absolute Gasteiger partial charge is 0.387 e. The molecule has 4 rings (SSSR count). The lowest BCUT2D eigenvalue weighted by Crippen LogP contribution is -2.30. The number of benzene rings is 1. The van der Waals surface area contributed by atoms with Crippen molar-refractivity contribution in [2.24, 2.45) is 5.92 Å². The minimum atomic E-state index is -3.10. The standard InChI is InChI=1S/C22H15BrClF2NO4/c1-2-30-21(29)18-17(15-9-12(24)4-8-16(15)31-22(25)26)19-14(20(18)28)7-6-13-5-3-11(23)10-27(13)19/h3-5,7-10,17-18,22H,2H2,1H3. The molecule has 0 aromatic heterocycles. The highest BCUT2D eigenvalue weighted by Gasteiger charge is 2.51. The van der Waals surface area contributed by atoms with Crippen LogP contribution in [0.1, 0.15) is 18.4 Å². The molecule has 0 saturated heterocycles. The first-order valence-electron chi connectivity index (χ1n) is 9.32. The van der Waals surface area contributed by atoms with Crippen LogP contribution >= 0.6 is 27.5 Å². The lowest BCUT2D eigenvalue weighted by Gasteiger charge is -2.32. The molecule has 2 unspecified atom stereocenters. The fourth-order valence-electron chi connectivity index (χ4n) is 3.90. The highest BCUT2D eigenvalue weighted by Crippen LogP contribution is 2.50. The highest BCUT2D eigenvalue weighted by atomic mass is 79.9. The first kappa shape index (κ1) is 21.6. The number of alkyl halides is 2. The Morgan fingerprint density at radius 1 is 1.35 bits per heavy atom. The summed E-state index contributed by atoms with van der Waals surface area (Å²) < 4.78 is 36.8. The topological polar surface area (TPSA) is 55.8 Å². The van der Waals surface area contributed by atoms with Crippen molar-refractivity contribution in [3.8, 4) is 5.75 Å². The van der Waals surface area contributed by atoms with E-state index in [2.05, 4.69) is 21.7 Å². The van der Waals surface area contributed by atoms with Gasteiger partial charge in [0.15, 0.2) is 5.78 Å². The van der Waals surface area contributed by atoms with Crippen molar-refractivity contribution in [3.05, 3.63) is 80.4 Å². The molecule has 0 amide bonds. The molecule has 2 atom stereocenters. The maximum atomic E-state index is 13.3. The van der Waals surface area contributed by atoms with Crippen molar-refractivity contribution in [1.29, 1.82) is 0 Å². The number of carbonyl (C=O) groups excluding carboxylic acids is 2. The predicted molar refractivity (Wildman–Crippen MR) is 113 cm³/mol. The molecule has 1 aromatic carbocycles. The summed E-state index contributed by atoms with van der Waals surface area (Å²) in [6.07, 6.45) is 6.80. The average Bonchev–Trinajstić information content (AvgIpc) is 3.02. The Morgan fingerprint density at radius 2 is 2.13 bits per heavy atom. The molecular weight excluding hydrogens is 496 g/mol. The van der Waals surface area contributed by atoms with Crippen molar-refractivity contribution in [3.63, 3.8) is 0 Å². The molecule has 0 spiro atoms. The molecule has 0 radical (unpaired) electrons. The molecule has 0 N–H and O–H groups in total. The maximum Gasteiger partial charge on any atom is 0.387 e. The molecule has 0 saturated carbocycles. The number of ether oxygens (including phenoxy) is 2. The van der Waals surface area contributed by atoms with Gasteiger partial charge in [0.1, 0.15) is 11.7 Å². The molecule has 2 aliphatic heterocycles. The summed E-state index contributed by atoms with van der Waals surface area (Å²) in [6.45, 7) is -1.41. The Bertz CT molecular complexity index is 1130. The molecule has 9 heteroatoms. The summed E-state index contributed by atoms with van der Waals surface area (Å²) in [6, 6.07) is 4.13. The number of fused-ring (bicyclic) bond motifs is 2. The van der Waals surface area contributed by atoms with Crippen LogP contribution in [0.2, 0.25) is 5.02 Å². The van der Waals surface area contributed by atoms with Crippen LogP contribution in [-0.4, -0.2) is 29.9 Å². The van der Waals surface area contributed by atoms with E-state index in [1.165, 1.54) is 24.3 Å². The Kier molecular flexibility index (Phi) is 5.88. The van der Waals surface area contributed by atoms with Crippen molar-refractivity contribution >= 4 is 39.3 Å². The molecule has 2 heterocycles. The quantitative estimate of drug-likeness (QED) is 0.310. The number of allylic oxidation sites excluding steroid dienone is 5. The molecule has 160 valence electrons. The number of hydrogen-bond donors (Lipinski definition) is 0. The van der Waals surface area contributed by atoms with E-state index in [0.29, 0.717) is 15.9 Å². The van der Waals surface area contributed by atoms with E-state index in [0.717, 1.165) is 0 Å². The summed E-state index contributed by atoms with van der Waals surface area (Å²) in [5.41, 5.74) is 4.54. The Balaban J connectivity index is 1.93. The zero-order valence-corrected chi connectivity index (χ0v) is 18.4. The normalized spacial score (nSPS) is 21.7. The van der Waals surface area contributed by atoms with E-state index in [1.807, 2.05) is 0 Å². The van der Waals surface area contributed by atoms with E-state index in [9.17, 15) is 18.4 Å². The van der Waals surface area contributed by atoms with Crippen molar-refractivity contribution in [2.45, 2.75) is 19.5 Å². The van der Waals surface area contributed by atoms with Crippen LogP contribution in [-0.2, 0) is 14.3 Å². The van der Waals surface area contributed by atoms with Gasteiger partial charge in [0.2, 0.25) is 0 Å². The van der Waals surface area contributed by atoms with Gasteiger partial charge in [0, 0.05) is 38.5 Å². The fraction of sp³-hybridized carbons (Fsp3) is 0.227. The second-order valence-electron chi connectivity index (χ2n) is 6.82. The third-order valence-corrected chi connectivity index (χ3v) is 5.76. The van der Waals surface area contributed by atoms with Crippen molar-refractivity contribution in [2.75, 3.05) is 6.61 Å². The highest BCUT2D eigenvalue weighted by molar-refractivity contribution is 9.11. The minimum Gasteiger partial charge on any atom is -0.465 e. The molecule has 1 aromatic rings. The van der Waals surface area contributed by atoms with Crippen LogP contribution in [0.4, 0.5) is 8.78 Å². The number of carbonyl (C=O) groups is 2. The van der Waals surface area contributed by atoms with E-state index >= 15 is 0 Å². The first-order valence-corrected chi connectivity index (χ1v) is 10.5. The molecule has 3 aliphatic rings. The van der Waals surface area contributed by atoms with E-state index in [1.54, 1.807) is 30.2 Å². The molecule has 0 fully saturated rings. The number of nitrogens with zero attached hydrogens (tertiary/aromatic N) is 1. The zero-order valence-electron chi connectivity index (χ0n) is 16.1. The van der Waals surface area contributed by atoms with Crippen molar-refractivity contribution < 1.29 is 27.8 Å². The van der Waals surface area contributed by atoms with Gasteiger partial charge in [-0.2, -0.15) is 8.78 Å². The summed E-state index contributed by atoms with van der Waals surface area (Å²) in [4.78, 5) is 27.8. The van der Waals surface area contributed by atoms with Crippen LogP contribution in [0.5, 0.6) is 5.75 Å². The lowest BCUT2D eigenvalue weighted by atomic mass is 9.85. The Hall–Kier alpha value is -2.67. The zero-order chi connectivity index (χ0) is 22.3. The van der Waals surface area contributed by atoms with Gasteiger partial charge in [-0.1, -0.05) is 17.3 Å². The fourth-order valence-corrected chi connectivity index (χ4v) is 4.42. The van der Waals surface area contributed by atoms with Gasteiger partial charge in [0.05, 0.1) is 12.3 Å². The first-order chi connectivity index (χ1) is 14.8. The van der Waals surface area contributed by atoms with Gasteiger partial charge in [-0.15, -0.1) is 0 Å². The Labute approximate surface area is 190 Å². The van der Waals surface area contributed by atoms with Gasteiger partial charge in [-0.3, -0.25) is 9.59 Å². The number of Topliss-reactive ketones (excluding diaryl/α,β-unsaturated/α-hetero) is 1. The van der Waals surface area contributed by atoms with Gasteiger partial charge >= 0.3 is 12.6 Å². The minimum absolute atomic E-state index is 0.0627. The largest absolute Gasteiger partial charge is 0.465 e. The molecule has 0 bridgehead atoms. The number of ketones is 1. The van der Waals surface area contributed by atoms with Crippen LogP contribution in [0.15, 0.2) is 69.8 Å². The molecule has 1 aliphatic carbocycles. The average molecular weight is 511 g/mol. The summed E-state index contributed by atoms with van der Waals surface area (Å²) in [5, 5.41) is 0.248. The van der Waals surface area contributed by atoms with Gasteiger partial charge in [-0.05, 0) is 59.3 Å². The van der Waals surface area contributed by atoms with Gasteiger partial charge in [0.25, 0.3) is 0 Å². The lowest BCUT2D eigenvalue weighted by molar-refractivity contribution is -0.150. The number of rotatable bonds is 5. The molecule has 31 heavy (non-hydrogen) atoms. The second kappa shape index (κ2) is 8.46. The Morgan fingerprint density at radius 3 is 2.84 bits per heavy atom. The van der Waals surface area contributed by atoms with Gasteiger partial charge in [-0.25, -0.2) is 0 Å².